The molecule has 2 rings (SSSR count). The third-order valence-electron chi connectivity index (χ3n) is 3.16. The Morgan fingerprint density at radius 1 is 1.26 bits per heavy atom. The molecule has 104 valence electrons. The number of Topliss-reactive ketones (excluding diaryl/α,β-unsaturated/α-hetero) is 1. The van der Waals surface area contributed by atoms with Crippen LogP contribution < -0.4 is 4.74 Å². The molecule has 1 aromatic carbocycles. The summed E-state index contributed by atoms with van der Waals surface area (Å²) in [5.74, 6) is 1.04. The fraction of sp³-hybridized carbons (Fsp3) is 0.533. The van der Waals surface area contributed by atoms with Crippen molar-refractivity contribution in [2.75, 3.05) is 39.5 Å². The fourth-order valence-corrected chi connectivity index (χ4v) is 2.11. The van der Waals surface area contributed by atoms with Crippen molar-refractivity contribution >= 4 is 5.78 Å². The molecule has 0 atom stereocenters. The van der Waals surface area contributed by atoms with E-state index in [4.69, 9.17) is 9.47 Å². The number of ketones is 1. The molecule has 1 aliphatic heterocycles. The Morgan fingerprint density at radius 3 is 2.58 bits per heavy atom. The minimum Gasteiger partial charge on any atom is -0.492 e. The van der Waals surface area contributed by atoms with Gasteiger partial charge in [-0.25, -0.2) is 0 Å². The lowest BCUT2D eigenvalue weighted by Gasteiger charge is -2.26. The van der Waals surface area contributed by atoms with Gasteiger partial charge in [0.2, 0.25) is 0 Å². The van der Waals surface area contributed by atoms with Crippen LogP contribution in [0.25, 0.3) is 0 Å². The Morgan fingerprint density at radius 2 is 1.95 bits per heavy atom. The van der Waals surface area contributed by atoms with Crippen LogP contribution in [0.15, 0.2) is 24.3 Å². The van der Waals surface area contributed by atoms with Crippen LogP contribution in [0.4, 0.5) is 0 Å². The Balaban J connectivity index is 1.71. The number of morpholine rings is 1. The molecule has 1 saturated heterocycles. The van der Waals surface area contributed by atoms with Gasteiger partial charge >= 0.3 is 0 Å². The first-order chi connectivity index (χ1) is 9.24. The molecule has 1 fully saturated rings. The summed E-state index contributed by atoms with van der Waals surface area (Å²) in [5.41, 5.74) is 1.04. The van der Waals surface area contributed by atoms with Crippen LogP contribution in [0.5, 0.6) is 5.75 Å². The zero-order valence-electron chi connectivity index (χ0n) is 11.4. The van der Waals surface area contributed by atoms with Crippen LogP contribution in [0.3, 0.4) is 0 Å². The largest absolute Gasteiger partial charge is 0.492 e. The zero-order valence-corrected chi connectivity index (χ0v) is 11.4. The summed E-state index contributed by atoms with van der Waals surface area (Å²) >= 11 is 0. The van der Waals surface area contributed by atoms with Gasteiger partial charge in [0, 0.05) is 26.1 Å². The zero-order chi connectivity index (χ0) is 13.5. The molecular weight excluding hydrogens is 242 g/mol. The van der Waals surface area contributed by atoms with Crippen LogP contribution in [0.1, 0.15) is 12.5 Å². The summed E-state index contributed by atoms with van der Waals surface area (Å²) in [7, 11) is 0. The molecule has 0 amide bonds. The molecule has 0 radical (unpaired) electrons. The molecule has 1 aromatic rings. The summed E-state index contributed by atoms with van der Waals surface area (Å²) in [6, 6.07) is 7.76. The van der Waals surface area contributed by atoms with Gasteiger partial charge in [0.1, 0.15) is 18.1 Å². The number of hydrogen-bond donors (Lipinski definition) is 0. The Kier molecular flexibility index (Phi) is 5.36. The van der Waals surface area contributed by atoms with Crippen molar-refractivity contribution in [3.05, 3.63) is 29.8 Å². The van der Waals surface area contributed by atoms with Gasteiger partial charge in [-0.3, -0.25) is 9.69 Å². The van der Waals surface area contributed by atoms with Crippen LogP contribution in [-0.4, -0.2) is 50.1 Å². The minimum atomic E-state index is 0.181. The molecule has 4 heteroatoms. The van der Waals surface area contributed by atoms with Gasteiger partial charge in [0.25, 0.3) is 0 Å². The first-order valence-corrected chi connectivity index (χ1v) is 6.75. The second-order valence-corrected chi connectivity index (χ2v) is 4.83. The molecule has 0 saturated carbocycles. The van der Waals surface area contributed by atoms with Crippen molar-refractivity contribution in [3.8, 4) is 5.75 Å². The highest BCUT2D eigenvalue weighted by atomic mass is 16.5. The molecule has 0 aromatic heterocycles. The van der Waals surface area contributed by atoms with Crippen molar-refractivity contribution < 1.29 is 14.3 Å². The lowest BCUT2D eigenvalue weighted by Crippen LogP contribution is -2.38. The molecule has 19 heavy (non-hydrogen) atoms. The molecule has 0 spiro atoms. The first kappa shape index (κ1) is 14.0. The average Bonchev–Trinajstić information content (AvgIpc) is 2.41. The second-order valence-electron chi connectivity index (χ2n) is 4.83. The van der Waals surface area contributed by atoms with Gasteiger partial charge in [0.15, 0.2) is 0 Å². The van der Waals surface area contributed by atoms with Crippen LogP contribution in [0.2, 0.25) is 0 Å². The van der Waals surface area contributed by atoms with Crippen molar-refractivity contribution in [2.24, 2.45) is 0 Å². The molecule has 0 N–H and O–H groups in total. The van der Waals surface area contributed by atoms with Crippen LogP contribution in [-0.2, 0) is 16.0 Å². The van der Waals surface area contributed by atoms with Gasteiger partial charge in [-0.15, -0.1) is 0 Å². The van der Waals surface area contributed by atoms with Gasteiger partial charge < -0.3 is 9.47 Å². The van der Waals surface area contributed by atoms with Gasteiger partial charge in [-0.05, 0) is 24.6 Å². The molecule has 0 aliphatic carbocycles. The van der Waals surface area contributed by atoms with Crippen molar-refractivity contribution in [1.29, 1.82) is 0 Å². The van der Waals surface area contributed by atoms with Gasteiger partial charge in [0.05, 0.1) is 13.2 Å². The van der Waals surface area contributed by atoms with E-state index in [0.29, 0.717) is 13.0 Å². The van der Waals surface area contributed by atoms with E-state index in [9.17, 15) is 4.79 Å². The summed E-state index contributed by atoms with van der Waals surface area (Å²) < 4.78 is 11.0. The highest BCUT2D eigenvalue weighted by molar-refractivity contribution is 5.78. The maximum atomic E-state index is 11.0. The quantitative estimate of drug-likeness (QED) is 0.780. The SMILES string of the molecule is CC(=O)Cc1ccc(OCCN2CCOCC2)cc1. The monoisotopic (exact) mass is 263 g/mol. The molecular formula is C15H21NO3. The van der Waals surface area contributed by atoms with Crippen LogP contribution >= 0.6 is 0 Å². The fourth-order valence-electron chi connectivity index (χ4n) is 2.11. The number of rotatable bonds is 6. The van der Waals surface area contributed by atoms with E-state index in [1.807, 2.05) is 24.3 Å². The molecule has 4 nitrogen and oxygen atoms in total. The number of hydrogen-bond acceptors (Lipinski definition) is 4. The highest BCUT2D eigenvalue weighted by Crippen LogP contribution is 2.12. The maximum Gasteiger partial charge on any atom is 0.134 e. The topological polar surface area (TPSA) is 38.8 Å². The third kappa shape index (κ3) is 5.01. The predicted molar refractivity (Wildman–Crippen MR) is 73.6 cm³/mol. The van der Waals surface area contributed by atoms with Gasteiger partial charge in [-0.1, -0.05) is 12.1 Å². The minimum absolute atomic E-state index is 0.181. The van der Waals surface area contributed by atoms with E-state index in [-0.39, 0.29) is 5.78 Å². The summed E-state index contributed by atoms with van der Waals surface area (Å²) in [4.78, 5) is 13.3. The number of benzene rings is 1. The van der Waals surface area contributed by atoms with Crippen molar-refractivity contribution in [2.45, 2.75) is 13.3 Å². The molecule has 1 heterocycles. The molecule has 0 bridgehead atoms. The number of carbonyl (C=O) groups is 1. The summed E-state index contributed by atoms with van der Waals surface area (Å²) in [6.45, 7) is 6.83. The lowest BCUT2D eigenvalue weighted by molar-refractivity contribution is -0.116. The van der Waals surface area contributed by atoms with Crippen molar-refractivity contribution in [1.82, 2.24) is 4.90 Å². The number of carbonyl (C=O) groups excluding carboxylic acids is 1. The Hall–Kier alpha value is -1.39. The smallest absolute Gasteiger partial charge is 0.134 e. The maximum absolute atomic E-state index is 11.0. The second kappa shape index (κ2) is 7.26. The van der Waals surface area contributed by atoms with E-state index in [1.54, 1.807) is 6.92 Å². The number of nitrogens with zero attached hydrogens (tertiary/aromatic N) is 1. The van der Waals surface area contributed by atoms with E-state index in [2.05, 4.69) is 4.90 Å². The van der Waals surface area contributed by atoms with E-state index >= 15 is 0 Å². The average molecular weight is 263 g/mol. The lowest BCUT2D eigenvalue weighted by atomic mass is 10.1. The number of ether oxygens (including phenoxy) is 2. The predicted octanol–water partition coefficient (Wildman–Crippen LogP) is 1.53. The molecule has 1 aliphatic rings. The third-order valence-corrected chi connectivity index (χ3v) is 3.16. The normalized spacial score (nSPS) is 16.3. The highest BCUT2D eigenvalue weighted by Gasteiger charge is 2.09. The first-order valence-electron chi connectivity index (χ1n) is 6.75. The van der Waals surface area contributed by atoms with Crippen molar-refractivity contribution in [3.63, 3.8) is 0 Å². The van der Waals surface area contributed by atoms with E-state index < -0.39 is 0 Å². The Bertz CT molecular complexity index is 396. The van der Waals surface area contributed by atoms with Gasteiger partial charge in [-0.2, -0.15) is 0 Å². The Labute approximate surface area is 114 Å². The standard InChI is InChI=1S/C15H21NO3/c1-13(17)12-14-2-4-15(5-3-14)19-11-8-16-6-9-18-10-7-16/h2-5H,6-12H2,1H3. The molecule has 0 unspecified atom stereocenters. The summed E-state index contributed by atoms with van der Waals surface area (Å²) in [6.07, 6.45) is 0.494. The van der Waals surface area contributed by atoms with E-state index in [1.165, 1.54) is 0 Å². The van der Waals surface area contributed by atoms with E-state index in [0.717, 1.165) is 44.2 Å². The van der Waals surface area contributed by atoms with Crippen LogP contribution in [0, 0.1) is 0 Å². The summed E-state index contributed by atoms with van der Waals surface area (Å²) in [5, 5.41) is 0.